The topological polar surface area (TPSA) is 143 Å². The standard InChI is InChI=1S/C30H38N6O5S/c1-21-14-17-31-29(33-21)34-23-15-18-36(19-16-23)24-12-10-22(11-13-24)27(37)32-20-26(28(38)41-30(2,3)4)35-42(39,40)25-8-6-5-7-9-25/h5-14,17,23,26,35H,15-16,18-20H2,1-4H3,(H,32,37)(H,31,33,34)/t26-/m0/s1. The molecule has 0 radical (unpaired) electrons. The van der Waals surface area contributed by atoms with Crippen molar-refractivity contribution < 1.29 is 22.7 Å². The first-order chi connectivity index (χ1) is 19.9. The molecule has 12 heteroatoms. The summed E-state index contributed by atoms with van der Waals surface area (Å²) in [5.74, 6) is -0.579. The summed E-state index contributed by atoms with van der Waals surface area (Å²) in [6.45, 7) is 8.39. The number of hydrogen-bond donors (Lipinski definition) is 3. The summed E-state index contributed by atoms with van der Waals surface area (Å²) in [7, 11) is -4.03. The highest BCUT2D eigenvalue weighted by Gasteiger charge is 2.30. The predicted molar refractivity (Wildman–Crippen MR) is 161 cm³/mol. The number of aryl methyl sites for hydroxylation is 1. The van der Waals surface area contributed by atoms with E-state index in [4.69, 9.17) is 4.74 Å². The van der Waals surface area contributed by atoms with Gasteiger partial charge in [-0.3, -0.25) is 9.59 Å². The number of nitrogens with zero attached hydrogens (tertiary/aromatic N) is 3. The van der Waals surface area contributed by atoms with Crippen LogP contribution in [0.3, 0.4) is 0 Å². The molecule has 0 unspecified atom stereocenters. The monoisotopic (exact) mass is 594 g/mol. The normalized spacial score (nSPS) is 15.1. The number of ether oxygens (including phenoxy) is 1. The third-order valence-corrected chi connectivity index (χ3v) is 8.11. The first kappa shape index (κ1) is 30.9. The van der Waals surface area contributed by atoms with Gasteiger partial charge in [-0.2, -0.15) is 4.72 Å². The number of sulfonamides is 1. The molecule has 1 aliphatic rings. The van der Waals surface area contributed by atoms with E-state index in [1.54, 1.807) is 57.3 Å². The second kappa shape index (κ2) is 13.3. The highest BCUT2D eigenvalue weighted by molar-refractivity contribution is 7.89. The molecule has 1 fully saturated rings. The largest absolute Gasteiger partial charge is 0.459 e. The van der Waals surface area contributed by atoms with Gasteiger partial charge in [0.2, 0.25) is 16.0 Å². The van der Waals surface area contributed by atoms with Crippen LogP contribution in [0, 0.1) is 6.92 Å². The van der Waals surface area contributed by atoms with Gasteiger partial charge >= 0.3 is 5.97 Å². The van der Waals surface area contributed by atoms with Crippen LogP contribution < -0.4 is 20.3 Å². The van der Waals surface area contributed by atoms with Crippen molar-refractivity contribution in [3.63, 3.8) is 0 Å². The fourth-order valence-electron chi connectivity index (χ4n) is 4.50. The fourth-order valence-corrected chi connectivity index (χ4v) is 5.71. The first-order valence-corrected chi connectivity index (χ1v) is 15.4. The lowest BCUT2D eigenvalue weighted by Crippen LogP contribution is -2.50. The number of anilines is 2. The fraction of sp³-hybridized carbons (Fsp3) is 0.400. The number of piperidine rings is 1. The Bertz CT molecular complexity index is 1470. The first-order valence-electron chi connectivity index (χ1n) is 13.9. The molecule has 2 heterocycles. The molecular formula is C30H38N6O5S. The molecule has 1 amide bonds. The van der Waals surface area contributed by atoms with E-state index in [9.17, 15) is 18.0 Å². The Balaban J connectivity index is 1.34. The van der Waals surface area contributed by atoms with E-state index < -0.39 is 33.5 Å². The summed E-state index contributed by atoms with van der Waals surface area (Å²) < 4.78 is 33.6. The van der Waals surface area contributed by atoms with Crippen molar-refractivity contribution in [1.29, 1.82) is 0 Å². The Hall–Kier alpha value is -4.03. The number of esters is 1. The molecule has 0 spiro atoms. The average molecular weight is 595 g/mol. The van der Waals surface area contributed by atoms with Crippen LogP contribution in [-0.4, -0.2) is 67.6 Å². The molecule has 1 aliphatic heterocycles. The van der Waals surface area contributed by atoms with E-state index in [0.29, 0.717) is 11.5 Å². The van der Waals surface area contributed by atoms with Crippen molar-refractivity contribution in [2.45, 2.75) is 63.1 Å². The molecule has 11 nitrogen and oxygen atoms in total. The molecule has 2 aromatic carbocycles. The van der Waals surface area contributed by atoms with E-state index in [0.717, 1.165) is 37.3 Å². The lowest BCUT2D eigenvalue weighted by Gasteiger charge is -2.34. The number of benzene rings is 2. The zero-order valence-electron chi connectivity index (χ0n) is 24.3. The van der Waals surface area contributed by atoms with Crippen LogP contribution in [0.2, 0.25) is 0 Å². The van der Waals surface area contributed by atoms with E-state index >= 15 is 0 Å². The molecule has 3 N–H and O–H groups in total. The van der Waals surface area contributed by atoms with Crippen LogP contribution in [0.1, 0.15) is 49.7 Å². The van der Waals surface area contributed by atoms with E-state index in [2.05, 4.69) is 30.2 Å². The van der Waals surface area contributed by atoms with Crippen molar-refractivity contribution in [2.75, 3.05) is 29.9 Å². The van der Waals surface area contributed by atoms with Gasteiger partial charge in [-0.05, 0) is 83.0 Å². The van der Waals surface area contributed by atoms with Gasteiger partial charge in [-0.1, -0.05) is 18.2 Å². The maximum atomic E-state index is 12.9. The molecule has 3 aromatic rings. The maximum Gasteiger partial charge on any atom is 0.326 e. The summed E-state index contributed by atoms with van der Waals surface area (Å²) >= 11 is 0. The van der Waals surface area contributed by atoms with E-state index in [-0.39, 0.29) is 17.5 Å². The number of carbonyl (C=O) groups excluding carboxylic acids is 2. The van der Waals surface area contributed by atoms with Gasteiger partial charge < -0.3 is 20.3 Å². The van der Waals surface area contributed by atoms with Crippen LogP contribution in [0.25, 0.3) is 0 Å². The number of carbonyl (C=O) groups is 2. The number of hydrogen-bond acceptors (Lipinski definition) is 9. The van der Waals surface area contributed by atoms with E-state index in [1.165, 1.54) is 12.1 Å². The molecule has 1 atom stereocenters. The van der Waals surface area contributed by atoms with Crippen molar-refractivity contribution >= 4 is 33.5 Å². The number of amides is 1. The number of nitrogens with one attached hydrogen (secondary N) is 3. The molecule has 1 saturated heterocycles. The third kappa shape index (κ3) is 8.73. The zero-order chi connectivity index (χ0) is 30.3. The van der Waals surface area contributed by atoms with Gasteiger partial charge in [-0.25, -0.2) is 18.4 Å². The van der Waals surface area contributed by atoms with Crippen LogP contribution in [0.5, 0.6) is 0 Å². The second-order valence-corrected chi connectivity index (χ2v) is 12.9. The lowest BCUT2D eigenvalue weighted by molar-refractivity contribution is -0.156. The Morgan fingerprint density at radius 2 is 1.69 bits per heavy atom. The SMILES string of the molecule is Cc1ccnc(NC2CCN(c3ccc(C(=O)NC[C@H](NS(=O)(=O)c4ccccc4)C(=O)OC(C)(C)C)cc3)CC2)n1. The van der Waals surface area contributed by atoms with Crippen LogP contribution in [0.4, 0.5) is 11.6 Å². The summed E-state index contributed by atoms with van der Waals surface area (Å²) in [5.41, 5.74) is 1.47. The number of aromatic nitrogens is 2. The van der Waals surface area contributed by atoms with Gasteiger partial charge in [0.25, 0.3) is 5.91 Å². The average Bonchev–Trinajstić information content (AvgIpc) is 2.95. The summed E-state index contributed by atoms with van der Waals surface area (Å²) in [4.78, 5) is 36.8. The summed E-state index contributed by atoms with van der Waals surface area (Å²) in [6, 6.07) is 15.7. The van der Waals surface area contributed by atoms with Gasteiger partial charge in [0.1, 0.15) is 11.6 Å². The minimum absolute atomic E-state index is 0.00350. The number of rotatable bonds is 10. The highest BCUT2D eigenvalue weighted by atomic mass is 32.2. The van der Waals surface area contributed by atoms with Crippen molar-refractivity contribution in [3.8, 4) is 0 Å². The molecule has 0 bridgehead atoms. The predicted octanol–water partition coefficient (Wildman–Crippen LogP) is 3.28. The van der Waals surface area contributed by atoms with E-state index in [1.807, 2.05) is 25.1 Å². The van der Waals surface area contributed by atoms with Crippen LogP contribution in [0.15, 0.2) is 71.8 Å². The quantitative estimate of drug-likeness (QED) is 0.301. The molecule has 224 valence electrons. The van der Waals surface area contributed by atoms with Crippen LogP contribution in [-0.2, 0) is 19.6 Å². The maximum absolute atomic E-state index is 12.9. The minimum Gasteiger partial charge on any atom is -0.459 e. The third-order valence-electron chi connectivity index (χ3n) is 6.63. The second-order valence-electron chi connectivity index (χ2n) is 11.2. The molecule has 1 aromatic heterocycles. The van der Waals surface area contributed by atoms with Gasteiger partial charge in [0.05, 0.1) is 4.90 Å². The van der Waals surface area contributed by atoms with Gasteiger partial charge in [0.15, 0.2) is 0 Å². The summed E-state index contributed by atoms with van der Waals surface area (Å²) in [5, 5.41) is 6.08. The van der Waals surface area contributed by atoms with Crippen molar-refractivity contribution in [3.05, 3.63) is 78.1 Å². The molecule has 0 saturated carbocycles. The summed E-state index contributed by atoms with van der Waals surface area (Å²) in [6.07, 6.45) is 3.59. The minimum atomic E-state index is -4.03. The molecule has 42 heavy (non-hydrogen) atoms. The Morgan fingerprint density at radius 3 is 2.31 bits per heavy atom. The highest BCUT2D eigenvalue weighted by Crippen LogP contribution is 2.22. The van der Waals surface area contributed by atoms with Crippen molar-refractivity contribution in [2.24, 2.45) is 0 Å². The van der Waals surface area contributed by atoms with Gasteiger partial charge in [0, 0.05) is 48.8 Å². The molecular weight excluding hydrogens is 556 g/mol. The Morgan fingerprint density at radius 1 is 1.02 bits per heavy atom. The molecule has 0 aliphatic carbocycles. The Kier molecular flexibility index (Phi) is 9.79. The van der Waals surface area contributed by atoms with Gasteiger partial charge in [-0.15, -0.1) is 0 Å². The van der Waals surface area contributed by atoms with Crippen molar-refractivity contribution in [1.82, 2.24) is 20.0 Å². The lowest BCUT2D eigenvalue weighted by atomic mass is 10.0. The zero-order valence-corrected chi connectivity index (χ0v) is 25.1. The Labute approximate surface area is 247 Å². The smallest absolute Gasteiger partial charge is 0.326 e. The van der Waals surface area contributed by atoms with Crippen LogP contribution >= 0.6 is 0 Å². The molecule has 4 rings (SSSR count).